The van der Waals surface area contributed by atoms with Crippen molar-refractivity contribution < 1.29 is 86.4 Å². The number of phenols is 2. The molecule has 0 saturated carbocycles. The van der Waals surface area contributed by atoms with Gasteiger partial charge in [0.2, 0.25) is 5.91 Å². The minimum atomic E-state index is -4.90. The largest absolute Gasteiger partial charge is 0.508 e. The second-order valence-corrected chi connectivity index (χ2v) is 22.0. The average Bonchev–Trinajstić information content (AvgIpc) is 2.28. The van der Waals surface area contributed by atoms with Crippen molar-refractivity contribution in [2.24, 2.45) is 0 Å². The lowest BCUT2D eigenvalue weighted by Gasteiger charge is -2.20. The van der Waals surface area contributed by atoms with E-state index in [1.54, 1.807) is 18.2 Å². The molecule has 0 radical (unpaired) electrons. The summed E-state index contributed by atoms with van der Waals surface area (Å²) in [7, 11) is -9.64. The Bertz CT molecular complexity index is 3610. The van der Waals surface area contributed by atoms with Crippen LogP contribution in [0.3, 0.4) is 0 Å². The summed E-state index contributed by atoms with van der Waals surface area (Å²) in [5, 5.41) is 58.9. The number of carbonyl (C=O) groups is 3. The molecule has 2 amide bonds. The molecule has 6 aromatic rings. The Morgan fingerprint density at radius 2 is 1.44 bits per heavy atom. The number of unbranched alkanes of at least 4 members (excludes halogenated alkanes) is 3. The third kappa shape index (κ3) is 15.4. The Morgan fingerprint density at radius 1 is 0.793 bits per heavy atom. The van der Waals surface area contributed by atoms with E-state index in [4.69, 9.17) is 33.3 Å². The zero-order valence-electron chi connectivity index (χ0n) is 43.5. The fraction of sp³-hybridized carbons (Fsp3) is 0.365. The molecule has 8 rings (SSSR count). The molecule has 4 unspecified atom stereocenters. The van der Waals surface area contributed by atoms with Gasteiger partial charge >= 0.3 is 33.0 Å². The number of anilines is 1. The summed E-state index contributed by atoms with van der Waals surface area (Å²) in [5.41, 5.74) is 3.82. The maximum Gasteiger partial charge on any atom is 0.472 e. The van der Waals surface area contributed by atoms with E-state index in [9.17, 15) is 73.2 Å². The highest BCUT2D eigenvalue weighted by molar-refractivity contribution is 7.47. The minimum Gasteiger partial charge on any atom is -0.508 e. The number of phosphoric acid groups is 2. The summed E-state index contributed by atoms with van der Waals surface area (Å²) in [6.07, 6.45) is -0.478. The molecule has 0 aliphatic carbocycles. The molecule has 4 aromatic carbocycles. The van der Waals surface area contributed by atoms with Gasteiger partial charge in [-0.3, -0.25) is 46.6 Å². The lowest BCUT2D eigenvalue weighted by molar-refractivity contribution is -0.116. The standard InChI is InChI=1S/C52H59N7O21P2/c53-43-14-17-58(51(69)56-43)45-24-39(63)42(79-45)28-77-81(71,72)75-18-5-19-76-82(73,74)80-40-25-46(78-41(40)27-60)59-26-30(49(66)57-52(59)70)7-13-44(64)54-15-3-1-2-4-16-55-48(65)29-6-10-37(50(67)68)38(23-29)47-35-11-8-33(61)21-31(35)20-32-22-34(62)9-12-36(32)47/h6-14,17,20-23,26,39-42,45-46,60-63H,1-5,15-16,18-19,24-25,27-28H2,(H,54,64)(H,55,65)(H,67,68)(H,71,72)(H,73,74)(H2,53,56,69)(H,57,66,70)/t39?,40?,41-,42-,45-,46-/m1/s1. The van der Waals surface area contributed by atoms with Gasteiger partial charge in [0.15, 0.2) is 0 Å². The second kappa shape index (κ2) is 26.7. The SMILES string of the molecule is Nc1ccn([C@H]2CC(O)[C@@H](COP(=O)(O)OCCCOP(=O)(O)OC3C[C@H](n4cc(C=CC(=O)NCCCCCCNC(=O)c5ccc(C(=O)O)c(-c6c7ccc(O)cc7cc7cc(O)ccc67)c5)c(=O)[nH]c4=O)O[C@@H]3CO)O2)c(=O)n1. The Morgan fingerprint density at radius 3 is 2.10 bits per heavy atom. The molecule has 30 heteroatoms. The summed E-state index contributed by atoms with van der Waals surface area (Å²) in [5.74, 6) is -2.22. The number of nitrogens with zero attached hydrogens (tertiary/aromatic N) is 3. The summed E-state index contributed by atoms with van der Waals surface area (Å²) >= 11 is 0. The van der Waals surface area contributed by atoms with Crippen molar-refractivity contribution in [3.05, 3.63) is 133 Å². The van der Waals surface area contributed by atoms with Gasteiger partial charge in [0.05, 0.1) is 43.7 Å². The minimum absolute atomic E-state index is 0.00254. The number of aliphatic hydroxyl groups is 2. The summed E-state index contributed by atoms with van der Waals surface area (Å²) in [6.45, 7) is -1.82. The number of amides is 2. The van der Waals surface area contributed by atoms with Crippen molar-refractivity contribution in [2.75, 3.05) is 45.3 Å². The number of aliphatic hydroxyl groups excluding tert-OH is 2. The topological polar surface area (TPSA) is 422 Å². The molecular formula is C52H59N7O21P2. The number of phenolic OH excluding ortho intramolecular Hbond substituents is 2. The molecule has 0 bridgehead atoms. The molecule has 2 aliphatic rings. The summed E-state index contributed by atoms with van der Waals surface area (Å²) in [6, 6.07) is 16.8. The molecule has 2 fully saturated rings. The zero-order valence-corrected chi connectivity index (χ0v) is 45.3. The number of aromatic amines is 1. The van der Waals surface area contributed by atoms with Gasteiger partial charge in [-0.2, -0.15) is 4.98 Å². The number of ether oxygens (including phenoxy) is 2. The van der Waals surface area contributed by atoms with Gasteiger partial charge in [0.1, 0.15) is 48.1 Å². The number of phosphoric ester groups is 2. The van der Waals surface area contributed by atoms with Crippen LogP contribution in [-0.2, 0) is 41.5 Å². The monoisotopic (exact) mass is 1180 g/mol. The van der Waals surface area contributed by atoms with Crippen LogP contribution in [0.5, 0.6) is 11.5 Å². The summed E-state index contributed by atoms with van der Waals surface area (Å²) < 4.78 is 58.7. The maximum absolute atomic E-state index is 13.4. The van der Waals surface area contributed by atoms with E-state index < -0.39 is 114 Å². The number of nitrogens with one attached hydrogen (secondary N) is 3. The molecule has 12 N–H and O–H groups in total. The average molecular weight is 1180 g/mol. The molecular weight excluding hydrogens is 1120 g/mol. The Kier molecular flexibility index (Phi) is 19.7. The van der Waals surface area contributed by atoms with Crippen molar-refractivity contribution >= 4 is 66.9 Å². The van der Waals surface area contributed by atoms with Crippen LogP contribution in [0, 0.1) is 0 Å². The number of aromatic nitrogens is 4. The third-order valence-corrected chi connectivity index (χ3v) is 15.3. The van der Waals surface area contributed by atoms with Gasteiger partial charge < -0.3 is 61.2 Å². The first-order valence-electron chi connectivity index (χ1n) is 25.7. The van der Waals surface area contributed by atoms with E-state index in [-0.39, 0.29) is 65.4 Å². The first-order valence-corrected chi connectivity index (χ1v) is 28.7. The van der Waals surface area contributed by atoms with E-state index in [1.807, 2.05) is 0 Å². The number of carboxylic acids is 1. The Labute approximate surface area is 464 Å². The highest BCUT2D eigenvalue weighted by Gasteiger charge is 2.42. The number of hydrogen-bond acceptors (Lipinski definition) is 20. The van der Waals surface area contributed by atoms with Gasteiger partial charge in [-0.1, -0.05) is 25.0 Å². The van der Waals surface area contributed by atoms with Crippen LogP contribution < -0.4 is 33.3 Å². The highest BCUT2D eigenvalue weighted by atomic mass is 31.2. The fourth-order valence-corrected chi connectivity index (χ4v) is 11.1. The fourth-order valence-electron chi connectivity index (χ4n) is 9.31. The molecule has 82 heavy (non-hydrogen) atoms. The van der Waals surface area contributed by atoms with Crippen molar-refractivity contribution in [1.29, 1.82) is 0 Å². The van der Waals surface area contributed by atoms with Crippen LogP contribution in [0.15, 0.2) is 99.6 Å². The molecule has 2 aliphatic heterocycles. The van der Waals surface area contributed by atoms with Crippen molar-refractivity contribution in [2.45, 2.75) is 81.8 Å². The van der Waals surface area contributed by atoms with E-state index >= 15 is 0 Å². The first-order chi connectivity index (χ1) is 39.1. The van der Waals surface area contributed by atoms with Crippen LogP contribution in [-0.4, -0.2) is 136 Å². The Hall–Kier alpha value is -7.43. The quantitative estimate of drug-likeness (QED) is 0.0160. The number of rotatable bonds is 26. The van der Waals surface area contributed by atoms with Gasteiger partial charge in [-0.05, 0) is 113 Å². The number of aromatic hydroxyl groups is 2. The molecule has 8 atom stereocenters. The van der Waals surface area contributed by atoms with Crippen LogP contribution in [0.25, 0.3) is 38.7 Å². The number of H-pyrrole nitrogens is 1. The normalized spacial score (nSPS) is 20.5. The van der Waals surface area contributed by atoms with Crippen LogP contribution in [0.2, 0.25) is 0 Å². The number of nitrogens with two attached hydrogens (primary N) is 1. The molecule has 0 spiro atoms. The number of carboxylic acid groups (broad SMARTS) is 1. The molecule has 4 heterocycles. The number of nitrogen functional groups attached to an aromatic ring is 1. The molecule has 438 valence electrons. The smallest absolute Gasteiger partial charge is 0.472 e. The Balaban J connectivity index is 0.744. The lowest BCUT2D eigenvalue weighted by atomic mass is 9.88. The first kappa shape index (κ1) is 60.7. The number of carbonyl (C=O) groups excluding carboxylic acids is 2. The van der Waals surface area contributed by atoms with Gasteiger partial charge in [0, 0.05) is 50.0 Å². The van der Waals surface area contributed by atoms with Crippen LogP contribution in [0.4, 0.5) is 5.82 Å². The van der Waals surface area contributed by atoms with E-state index in [2.05, 4.69) is 20.6 Å². The lowest BCUT2D eigenvalue weighted by Crippen LogP contribution is -2.33. The van der Waals surface area contributed by atoms with Crippen LogP contribution in [0.1, 0.15) is 83.7 Å². The maximum atomic E-state index is 13.4. The third-order valence-electron chi connectivity index (χ3n) is 13.3. The second-order valence-electron chi connectivity index (χ2n) is 19.1. The van der Waals surface area contributed by atoms with Gasteiger partial charge in [-0.25, -0.2) is 23.5 Å². The van der Waals surface area contributed by atoms with Crippen LogP contribution >= 0.6 is 15.6 Å². The number of fused-ring (bicyclic) bond motifs is 2. The molecule has 2 aromatic heterocycles. The van der Waals surface area contributed by atoms with Crippen molar-refractivity contribution in [1.82, 2.24) is 29.7 Å². The highest BCUT2D eigenvalue weighted by Crippen LogP contribution is 2.49. The molecule has 28 nitrogen and oxygen atoms in total. The predicted molar refractivity (Wildman–Crippen MR) is 291 cm³/mol. The van der Waals surface area contributed by atoms with E-state index in [1.165, 1.54) is 54.7 Å². The van der Waals surface area contributed by atoms with Crippen molar-refractivity contribution in [3.8, 4) is 22.6 Å². The number of benzene rings is 4. The number of hydrogen-bond donors (Lipinski definition) is 11. The van der Waals surface area contributed by atoms with Gasteiger partial charge in [-0.15, -0.1) is 0 Å². The zero-order chi connectivity index (χ0) is 58.9. The van der Waals surface area contributed by atoms with E-state index in [0.29, 0.717) is 59.3 Å². The summed E-state index contributed by atoms with van der Waals surface area (Å²) in [4.78, 5) is 103. The number of aromatic carboxylic acids is 1. The van der Waals surface area contributed by atoms with Crippen molar-refractivity contribution in [3.63, 3.8) is 0 Å². The molecule has 2 saturated heterocycles. The predicted octanol–water partition coefficient (Wildman–Crippen LogP) is 3.53. The van der Waals surface area contributed by atoms with Gasteiger partial charge in [0.25, 0.3) is 11.5 Å². The van der Waals surface area contributed by atoms with E-state index in [0.717, 1.165) is 27.5 Å².